The normalized spacial score (nSPS) is 10.7. The Morgan fingerprint density at radius 2 is 1.59 bits per heavy atom. The van der Waals surface area contributed by atoms with E-state index in [2.05, 4.69) is 22.3 Å². The smallest absolute Gasteiger partial charge is 0.261 e. The molecule has 0 saturated heterocycles. The number of hydrogen-bond acceptors (Lipinski definition) is 4. The van der Waals surface area contributed by atoms with Crippen LogP contribution in [0.25, 0.3) is 0 Å². The lowest BCUT2D eigenvalue weighted by molar-refractivity contribution is 0.0954. The molecule has 0 fully saturated rings. The molecule has 0 bridgehead atoms. The number of anilines is 1. The fraction of sp³-hybridized carbons (Fsp3) is 0.278. The Bertz CT molecular complexity index is 826. The van der Waals surface area contributed by atoms with Crippen molar-refractivity contribution in [1.82, 2.24) is 10.6 Å². The number of nitrogens with one attached hydrogen (secondary N) is 3. The number of carbonyl (C=O) groups is 1. The van der Waals surface area contributed by atoms with Gasteiger partial charge in [0.2, 0.25) is 0 Å². The van der Waals surface area contributed by atoms with Crippen LogP contribution in [0.1, 0.15) is 23.7 Å². The molecule has 0 aliphatic heterocycles. The molecule has 1 amide bonds. The average Bonchev–Trinajstić information content (AvgIpc) is 2.63. The van der Waals surface area contributed by atoms with Crippen LogP contribution >= 0.6 is 24.0 Å². The molecule has 9 heteroatoms. The summed E-state index contributed by atoms with van der Waals surface area (Å²) >= 11 is 5.79. The first-order valence-electron chi connectivity index (χ1n) is 8.30. The van der Waals surface area contributed by atoms with Gasteiger partial charge in [-0.2, -0.15) is 0 Å². The first kappa shape index (κ1) is 23.2. The maximum Gasteiger partial charge on any atom is 0.261 e. The van der Waals surface area contributed by atoms with E-state index < -0.39 is 10.0 Å². The van der Waals surface area contributed by atoms with E-state index in [-0.39, 0.29) is 23.2 Å². The van der Waals surface area contributed by atoms with Crippen molar-refractivity contribution < 1.29 is 13.2 Å². The third-order valence-electron chi connectivity index (χ3n) is 3.54. The van der Waals surface area contributed by atoms with E-state index in [1.54, 1.807) is 24.3 Å². The molecule has 2 rings (SSSR count). The highest BCUT2D eigenvalue weighted by atomic mass is 35.5. The molecule has 0 atom stereocenters. The molecule has 0 spiro atoms. The SMILES string of the molecule is CCCNCCNC(=O)c1ccc(S(=O)(=O)Nc2ccc(Cl)cc2)cc1.Cl. The molecule has 0 unspecified atom stereocenters. The van der Waals surface area contributed by atoms with Crippen LogP contribution in [0.5, 0.6) is 0 Å². The Morgan fingerprint density at radius 3 is 2.19 bits per heavy atom. The van der Waals surface area contributed by atoms with Crippen molar-refractivity contribution in [3.63, 3.8) is 0 Å². The summed E-state index contributed by atoms with van der Waals surface area (Å²) < 4.78 is 27.2. The minimum Gasteiger partial charge on any atom is -0.351 e. The number of benzene rings is 2. The molecule has 0 aromatic heterocycles. The van der Waals surface area contributed by atoms with Crippen LogP contribution in [0.3, 0.4) is 0 Å². The Morgan fingerprint density at radius 1 is 0.963 bits per heavy atom. The minimum absolute atomic E-state index is 0. The average molecular weight is 432 g/mol. The largest absolute Gasteiger partial charge is 0.351 e. The van der Waals surface area contributed by atoms with Gasteiger partial charge in [-0.05, 0) is 61.5 Å². The second-order valence-corrected chi connectivity index (χ2v) is 7.76. The summed E-state index contributed by atoms with van der Waals surface area (Å²) in [5, 5.41) is 6.49. The van der Waals surface area contributed by atoms with Crippen molar-refractivity contribution in [2.45, 2.75) is 18.2 Å². The van der Waals surface area contributed by atoms with Gasteiger partial charge in [-0.3, -0.25) is 9.52 Å². The van der Waals surface area contributed by atoms with Gasteiger partial charge in [0.25, 0.3) is 15.9 Å². The molecule has 0 aliphatic carbocycles. The van der Waals surface area contributed by atoms with E-state index in [1.807, 2.05) is 0 Å². The highest BCUT2D eigenvalue weighted by Gasteiger charge is 2.15. The van der Waals surface area contributed by atoms with Gasteiger partial charge in [0.1, 0.15) is 0 Å². The zero-order valence-corrected chi connectivity index (χ0v) is 17.3. The van der Waals surface area contributed by atoms with Crippen LogP contribution in [0.15, 0.2) is 53.4 Å². The van der Waals surface area contributed by atoms with Gasteiger partial charge in [-0.1, -0.05) is 18.5 Å². The maximum atomic E-state index is 12.4. The molecule has 3 N–H and O–H groups in total. The Kier molecular flexibility index (Phi) is 9.59. The zero-order valence-electron chi connectivity index (χ0n) is 14.9. The van der Waals surface area contributed by atoms with Gasteiger partial charge >= 0.3 is 0 Å². The quantitative estimate of drug-likeness (QED) is 0.531. The third kappa shape index (κ3) is 7.38. The summed E-state index contributed by atoms with van der Waals surface area (Å²) in [6, 6.07) is 12.1. The number of carbonyl (C=O) groups excluding carboxylic acids is 1. The van der Waals surface area contributed by atoms with E-state index in [0.29, 0.717) is 29.4 Å². The first-order valence-corrected chi connectivity index (χ1v) is 10.2. The molecular weight excluding hydrogens is 409 g/mol. The molecule has 2 aromatic rings. The van der Waals surface area contributed by atoms with Crippen LogP contribution in [0.4, 0.5) is 5.69 Å². The fourth-order valence-electron chi connectivity index (χ4n) is 2.19. The van der Waals surface area contributed by atoms with E-state index in [4.69, 9.17) is 11.6 Å². The number of rotatable bonds is 9. The molecule has 0 heterocycles. The number of amides is 1. The van der Waals surface area contributed by atoms with Crippen molar-refractivity contribution in [3.8, 4) is 0 Å². The summed E-state index contributed by atoms with van der Waals surface area (Å²) in [6.45, 7) is 4.18. The van der Waals surface area contributed by atoms with Crippen molar-refractivity contribution in [3.05, 3.63) is 59.1 Å². The predicted octanol–water partition coefficient (Wildman–Crippen LogP) is 3.29. The molecule has 0 aliphatic rings. The molecule has 6 nitrogen and oxygen atoms in total. The number of halogens is 2. The standard InChI is InChI=1S/C18H22ClN3O3S.ClH/c1-2-11-20-12-13-21-18(23)14-3-9-17(10-4-14)26(24,25)22-16-7-5-15(19)6-8-16;/h3-10,20,22H,2,11-13H2,1H3,(H,21,23);1H. The van der Waals surface area contributed by atoms with Crippen molar-refractivity contribution in [1.29, 1.82) is 0 Å². The maximum absolute atomic E-state index is 12.4. The van der Waals surface area contributed by atoms with Crippen LogP contribution in [0.2, 0.25) is 5.02 Å². The lowest BCUT2D eigenvalue weighted by atomic mass is 10.2. The molecular formula is C18H23Cl2N3O3S. The van der Waals surface area contributed by atoms with Gasteiger partial charge < -0.3 is 10.6 Å². The van der Waals surface area contributed by atoms with E-state index in [0.717, 1.165) is 13.0 Å². The lowest BCUT2D eigenvalue weighted by Crippen LogP contribution is -2.32. The van der Waals surface area contributed by atoms with Crippen LogP contribution in [-0.4, -0.2) is 34.0 Å². The summed E-state index contributed by atoms with van der Waals surface area (Å²) in [6.07, 6.45) is 1.04. The van der Waals surface area contributed by atoms with Crippen LogP contribution in [0, 0.1) is 0 Å². The first-order chi connectivity index (χ1) is 12.4. The predicted molar refractivity (Wildman–Crippen MR) is 111 cm³/mol. The number of hydrogen-bond donors (Lipinski definition) is 3. The lowest BCUT2D eigenvalue weighted by Gasteiger charge is -2.09. The summed E-state index contributed by atoms with van der Waals surface area (Å²) in [5.41, 5.74) is 0.821. The van der Waals surface area contributed by atoms with Gasteiger partial charge in [-0.15, -0.1) is 12.4 Å². The van der Waals surface area contributed by atoms with Gasteiger partial charge in [-0.25, -0.2) is 8.42 Å². The Balaban J connectivity index is 0.00000364. The topological polar surface area (TPSA) is 87.3 Å². The molecule has 2 aromatic carbocycles. The van der Waals surface area contributed by atoms with Crippen LogP contribution in [-0.2, 0) is 10.0 Å². The fourth-order valence-corrected chi connectivity index (χ4v) is 3.37. The van der Waals surface area contributed by atoms with E-state index in [9.17, 15) is 13.2 Å². The Hall–Kier alpha value is -1.80. The van der Waals surface area contributed by atoms with Crippen molar-refractivity contribution in [2.24, 2.45) is 0 Å². The molecule has 0 saturated carbocycles. The molecule has 27 heavy (non-hydrogen) atoms. The molecule has 0 radical (unpaired) electrons. The number of sulfonamides is 1. The van der Waals surface area contributed by atoms with Crippen molar-refractivity contribution >= 4 is 45.6 Å². The second-order valence-electron chi connectivity index (χ2n) is 5.64. The van der Waals surface area contributed by atoms with Gasteiger partial charge in [0.05, 0.1) is 4.90 Å². The summed E-state index contributed by atoms with van der Waals surface area (Å²) in [7, 11) is -3.73. The van der Waals surface area contributed by atoms with Gasteiger partial charge in [0.15, 0.2) is 0 Å². The van der Waals surface area contributed by atoms with E-state index >= 15 is 0 Å². The third-order valence-corrected chi connectivity index (χ3v) is 5.19. The van der Waals surface area contributed by atoms with Crippen molar-refractivity contribution in [2.75, 3.05) is 24.4 Å². The Labute approximate surface area is 171 Å². The zero-order chi connectivity index (χ0) is 19.0. The summed E-state index contributed by atoms with van der Waals surface area (Å²) in [5.74, 6) is -0.238. The minimum atomic E-state index is -3.73. The highest BCUT2D eigenvalue weighted by molar-refractivity contribution is 7.92. The van der Waals surface area contributed by atoms with E-state index in [1.165, 1.54) is 24.3 Å². The second kappa shape index (κ2) is 11.1. The molecule has 148 valence electrons. The monoisotopic (exact) mass is 431 g/mol. The van der Waals surface area contributed by atoms with Crippen LogP contribution < -0.4 is 15.4 Å². The summed E-state index contributed by atoms with van der Waals surface area (Å²) in [4.78, 5) is 12.1. The highest BCUT2D eigenvalue weighted by Crippen LogP contribution is 2.18. The van der Waals surface area contributed by atoms with Gasteiger partial charge in [0, 0.05) is 29.4 Å².